The highest BCUT2D eigenvalue weighted by Crippen LogP contribution is 2.44. The van der Waals surface area contributed by atoms with Crippen LogP contribution in [0.15, 0.2) is 48.7 Å². The van der Waals surface area contributed by atoms with Gasteiger partial charge >= 0.3 is 0 Å². The molecule has 4 heteroatoms. The molecule has 1 saturated heterocycles. The largest absolute Gasteiger partial charge is 0.297 e. The number of nitrogens with zero attached hydrogens (tertiary/aromatic N) is 3. The number of hydrogen-bond acceptors (Lipinski definition) is 3. The van der Waals surface area contributed by atoms with Crippen molar-refractivity contribution in [2.75, 3.05) is 26.2 Å². The number of halogens is 1. The Bertz CT molecular complexity index is 659. The molecule has 2 heterocycles. The molecule has 3 nitrogen and oxygen atoms in total. The van der Waals surface area contributed by atoms with Gasteiger partial charge in [0.1, 0.15) is 5.82 Å². The highest BCUT2D eigenvalue weighted by atomic mass is 19.1. The van der Waals surface area contributed by atoms with Crippen LogP contribution in [0.1, 0.15) is 24.1 Å². The molecule has 0 unspecified atom stereocenters. The maximum absolute atomic E-state index is 13.0. The summed E-state index contributed by atoms with van der Waals surface area (Å²) >= 11 is 0. The van der Waals surface area contributed by atoms with Crippen molar-refractivity contribution in [3.05, 3.63) is 65.7 Å². The minimum Gasteiger partial charge on any atom is -0.297 e. The third-order valence-electron chi connectivity index (χ3n) is 5.42. The van der Waals surface area contributed by atoms with Gasteiger partial charge in [0.2, 0.25) is 0 Å². The van der Waals surface area contributed by atoms with Crippen molar-refractivity contribution in [3.63, 3.8) is 0 Å². The first-order valence-corrected chi connectivity index (χ1v) is 8.85. The van der Waals surface area contributed by atoms with Gasteiger partial charge in [-0.1, -0.05) is 30.3 Å². The van der Waals surface area contributed by atoms with E-state index in [-0.39, 0.29) is 11.4 Å². The molecule has 2 fully saturated rings. The van der Waals surface area contributed by atoms with Crippen molar-refractivity contribution in [1.82, 2.24) is 14.8 Å². The minimum atomic E-state index is -0.252. The zero-order chi connectivity index (χ0) is 16.4. The smallest absolute Gasteiger partial charge is 0.141 e. The summed E-state index contributed by atoms with van der Waals surface area (Å²) < 4.78 is 13.0. The van der Waals surface area contributed by atoms with Gasteiger partial charge in [-0.15, -0.1) is 0 Å². The number of hydrogen-bond donors (Lipinski definition) is 0. The van der Waals surface area contributed by atoms with Crippen LogP contribution >= 0.6 is 0 Å². The average molecular weight is 325 g/mol. The van der Waals surface area contributed by atoms with Crippen LogP contribution in [0.3, 0.4) is 0 Å². The molecule has 1 aliphatic carbocycles. The van der Waals surface area contributed by atoms with E-state index in [0.717, 1.165) is 44.8 Å². The molecule has 1 aliphatic heterocycles. The lowest BCUT2D eigenvalue weighted by molar-refractivity contribution is 0.0801. The van der Waals surface area contributed by atoms with E-state index in [9.17, 15) is 4.39 Å². The summed E-state index contributed by atoms with van der Waals surface area (Å²) in [5.74, 6) is -0.252. The van der Waals surface area contributed by atoms with Crippen LogP contribution < -0.4 is 0 Å². The molecule has 0 radical (unpaired) electrons. The Morgan fingerprint density at radius 1 is 0.958 bits per heavy atom. The average Bonchev–Trinajstić information content (AvgIpc) is 3.39. The molecule has 2 aromatic rings. The number of benzene rings is 1. The second-order valence-corrected chi connectivity index (χ2v) is 7.12. The molecule has 24 heavy (non-hydrogen) atoms. The predicted molar refractivity (Wildman–Crippen MR) is 93.2 cm³/mol. The van der Waals surface area contributed by atoms with E-state index in [4.69, 9.17) is 0 Å². The molecule has 4 rings (SSSR count). The van der Waals surface area contributed by atoms with Crippen molar-refractivity contribution in [1.29, 1.82) is 0 Å². The van der Waals surface area contributed by atoms with E-state index < -0.39 is 0 Å². The fourth-order valence-electron chi connectivity index (χ4n) is 3.82. The Labute approximate surface area is 143 Å². The summed E-state index contributed by atoms with van der Waals surface area (Å²) in [6.07, 6.45) is 4.77. The summed E-state index contributed by atoms with van der Waals surface area (Å²) in [5.41, 5.74) is 2.69. The van der Waals surface area contributed by atoms with Crippen LogP contribution in [-0.4, -0.2) is 46.5 Å². The summed E-state index contributed by atoms with van der Waals surface area (Å²) in [6.45, 7) is 5.52. The first-order chi connectivity index (χ1) is 11.7. The highest BCUT2D eigenvalue weighted by Gasteiger charge is 2.48. The topological polar surface area (TPSA) is 19.4 Å². The van der Waals surface area contributed by atoms with Gasteiger partial charge in [-0.2, -0.15) is 0 Å². The molecule has 0 spiro atoms. The van der Waals surface area contributed by atoms with Crippen molar-refractivity contribution < 1.29 is 4.39 Å². The number of pyridine rings is 1. The van der Waals surface area contributed by atoms with E-state index >= 15 is 0 Å². The van der Waals surface area contributed by atoms with Crippen molar-refractivity contribution in [2.45, 2.75) is 31.3 Å². The second-order valence-electron chi connectivity index (χ2n) is 7.12. The van der Waals surface area contributed by atoms with Gasteiger partial charge in [-0.05, 0) is 30.5 Å². The SMILES string of the molecule is Fc1ccc(CC2(N3CCN(Cc4ccccc4)CC3)CC2)nc1. The van der Waals surface area contributed by atoms with E-state index in [2.05, 4.69) is 45.1 Å². The van der Waals surface area contributed by atoms with E-state index in [1.807, 2.05) is 6.07 Å². The van der Waals surface area contributed by atoms with Crippen LogP contribution in [0.5, 0.6) is 0 Å². The van der Waals surface area contributed by atoms with E-state index in [1.165, 1.54) is 30.7 Å². The monoisotopic (exact) mass is 325 g/mol. The fourth-order valence-corrected chi connectivity index (χ4v) is 3.82. The van der Waals surface area contributed by atoms with Gasteiger partial charge in [0.05, 0.1) is 6.20 Å². The maximum atomic E-state index is 13.0. The van der Waals surface area contributed by atoms with Crippen LogP contribution in [0.25, 0.3) is 0 Å². The molecule has 0 N–H and O–H groups in total. The quantitative estimate of drug-likeness (QED) is 0.842. The van der Waals surface area contributed by atoms with Crippen LogP contribution in [0, 0.1) is 5.82 Å². The van der Waals surface area contributed by atoms with E-state index in [0.29, 0.717) is 0 Å². The molecule has 0 bridgehead atoms. The van der Waals surface area contributed by atoms with Gasteiger partial charge in [0, 0.05) is 50.4 Å². The molecule has 1 aromatic carbocycles. The summed E-state index contributed by atoms with van der Waals surface area (Å²) in [5, 5.41) is 0. The molecule has 2 aliphatic rings. The molecule has 1 aromatic heterocycles. The fraction of sp³-hybridized carbons (Fsp3) is 0.450. The van der Waals surface area contributed by atoms with Gasteiger partial charge in [0.15, 0.2) is 0 Å². The molecular formula is C20H24FN3. The zero-order valence-corrected chi connectivity index (χ0v) is 14.0. The Kier molecular flexibility index (Phi) is 4.33. The normalized spacial score (nSPS) is 20.9. The lowest BCUT2D eigenvalue weighted by Crippen LogP contribution is -2.51. The predicted octanol–water partition coefficient (Wildman–Crippen LogP) is 3.11. The lowest BCUT2D eigenvalue weighted by Gasteiger charge is -2.40. The maximum Gasteiger partial charge on any atom is 0.141 e. The number of rotatable bonds is 5. The first kappa shape index (κ1) is 15.7. The summed E-state index contributed by atoms with van der Waals surface area (Å²) in [7, 11) is 0. The van der Waals surface area contributed by atoms with E-state index in [1.54, 1.807) is 0 Å². The van der Waals surface area contributed by atoms with Crippen molar-refractivity contribution in [3.8, 4) is 0 Å². The van der Waals surface area contributed by atoms with Gasteiger partial charge in [-0.25, -0.2) is 4.39 Å². The van der Waals surface area contributed by atoms with Crippen LogP contribution in [0.2, 0.25) is 0 Å². The first-order valence-electron chi connectivity index (χ1n) is 8.85. The van der Waals surface area contributed by atoms with Gasteiger partial charge in [0.25, 0.3) is 0 Å². The Hall–Kier alpha value is -1.78. The van der Waals surface area contributed by atoms with Crippen LogP contribution in [0.4, 0.5) is 4.39 Å². The third-order valence-corrected chi connectivity index (χ3v) is 5.42. The Morgan fingerprint density at radius 2 is 1.71 bits per heavy atom. The Balaban J connectivity index is 1.33. The van der Waals surface area contributed by atoms with Gasteiger partial charge in [-0.3, -0.25) is 14.8 Å². The standard InChI is InChI=1S/C20H24FN3/c21-18-6-7-19(22-15-18)14-20(8-9-20)24-12-10-23(11-13-24)16-17-4-2-1-3-5-17/h1-7,15H,8-14,16H2. The molecule has 0 atom stereocenters. The third kappa shape index (κ3) is 3.50. The molecular weight excluding hydrogens is 301 g/mol. The minimum absolute atomic E-state index is 0.252. The second kappa shape index (κ2) is 6.61. The zero-order valence-electron chi connectivity index (χ0n) is 14.0. The highest BCUT2D eigenvalue weighted by molar-refractivity contribution is 5.17. The Morgan fingerprint density at radius 3 is 2.33 bits per heavy atom. The summed E-state index contributed by atoms with van der Waals surface area (Å²) in [4.78, 5) is 9.44. The van der Waals surface area contributed by atoms with Crippen LogP contribution in [-0.2, 0) is 13.0 Å². The molecule has 1 saturated carbocycles. The molecule has 126 valence electrons. The molecule has 0 amide bonds. The van der Waals surface area contributed by atoms with Crippen molar-refractivity contribution >= 4 is 0 Å². The van der Waals surface area contributed by atoms with Gasteiger partial charge < -0.3 is 0 Å². The number of piperazine rings is 1. The number of aromatic nitrogens is 1. The van der Waals surface area contributed by atoms with Crippen molar-refractivity contribution in [2.24, 2.45) is 0 Å². The lowest BCUT2D eigenvalue weighted by atomic mass is 10.1. The summed E-state index contributed by atoms with van der Waals surface area (Å²) in [6, 6.07) is 14.1.